The van der Waals surface area contributed by atoms with E-state index in [1.54, 1.807) is 6.20 Å². The molecule has 1 saturated carbocycles. The predicted molar refractivity (Wildman–Crippen MR) is 117 cm³/mol. The van der Waals surface area contributed by atoms with E-state index in [9.17, 15) is 0 Å². The topological polar surface area (TPSA) is 45.5 Å². The highest BCUT2D eigenvalue weighted by Gasteiger charge is 2.20. The summed E-state index contributed by atoms with van der Waals surface area (Å²) in [4.78, 5) is 14.1. The van der Waals surface area contributed by atoms with Crippen LogP contribution in [0, 0.1) is 0 Å². The van der Waals surface area contributed by atoms with Gasteiger partial charge in [-0.1, -0.05) is 31.4 Å². The van der Waals surface area contributed by atoms with Gasteiger partial charge in [0.2, 0.25) is 0 Å². The van der Waals surface area contributed by atoms with Crippen LogP contribution in [0.3, 0.4) is 0 Å². The molecule has 4 rings (SSSR count). The van der Waals surface area contributed by atoms with Gasteiger partial charge < -0.3 is 9.30 Å². The molecule has 1 fully saturated rings. The van der Waals surface area contributed by atoms with E-state index in [1.807, 2.05) is 12.1 Å². The molecule has 5 nitrogen and oxygen atoms in total. The second-order valence-electron chi connectivity index (χ2n) is 7.53. The molecular formula is C23H27BrN2O3. The van der Waals surface area contributed by atoms with E-state index in [1.165, 1.54) is 55.7 Å². The smallest absolute Gasteiger partial charge is 0.152 e. The lowest BCUT2D eigenvalue weighted by molar-refractivity contribution is -0.282. The molecule has 0 radical (unpaired) electrons. The van der Waals surface area contributed by atoms with Gasteiger partial charge in [-0.05, 0) is 64.0 Å². The van der Waals surface area contributed by atoms with E-state index in [4.69, 9.17) is 14.5 Å². The zero-order valence-corrected chi connectivity index (χ0v) is 18.4. The van der Waals surface area contributed by atoms with Crippen molar-refractivity contribution >= 4 is 26.8 Å². The van der Waals surface area contributed by atoms with E-state index in [0.29, 0.717) is 19.1 Å². The molecule has 3 aromatic rings. The van der Waals surface area contributed by atoms with Gasteiger partial charge >= 0.3 is 0 Å². The Bertz CT molecular complexity index is 950. The maximum Gasteiger partial charge on any atom is 0.152 e. The summed E-state index contributed by atoms with van der Waals surface area (Å²) in [5.74, 6) is 1.42. The molecule has 0 spiro atoms. The quantitative estimate of drug-likeness (QED) is 0.235. The summed E-state index contributed by atoms with van der Waals surface area (Å²) in [7, 11) is 1.54. The van der Waals surface area contributed by atoms with Crippen LogP contribution in [0.15, 0.2) is 47.3 Å². The first-order valence-electron chi connectivity index (χ1n) is 10.3. The lowest BCUT2D eigenvalue weighted by Crippen LogP contribution is -2.08. The second kappa shape index (κ2) is 9.74. The summed E-state index contributed by atoms with van der Waals surface area (Å²) < 4.78 is 9.02. The van der Waals surface area contributed by atoms with Crippen LogP contribution < -0.4 is 4.74 Å². The molecule has 0 saturated heterocycles. The van der Waals surface area contributed by atoms with Crippen molar-refractivity contribution in [1.82, 2.24) is 9.55 Å². The molecule has 1 aliphatic rings. The van der Waals surface area contributed by atoms with Crippen molar-refractivity contribution in [1.29, 1.82) is 0 Å². The largest absolute Gasteiger partial charge is 0.489 e. The standard InChI is InChI=1S/C23H27BrN2O3/c1-27-29-16-17-9-10-19-20(18-6-3-2-4-7-18)15-26(21(19)14-17)12-13-28-22-8-5-11-25-23(22)24/h5,8-11,14-15,18H,2-4,6-7,12-13,16H2,1H3. The van der Waals surface area contributed by atoms with Crippen LogP contribution in [-0.4, -0.2) is 23.3 Å². The van der Waals surface area contributed by atoms with E-state index >= 15 is 0 Å². The molecule has 2 aromatic heterocycles. The van der Waals surface area contributed by atoms with Crippen LogP contribution in [0.25, 0.3) is 10.9 Å². The maximum absolute atomic E-state index is 5.96. The average molecular weight is 459 g/mol. The predicted octanol–water partition coefficient (Wildman–Crippen LogP) is 6.00. The molecule has 0 amide bonds. The van der Waals surface area contributed by atoms with Crippen LogP contribution >= 0.6 is 15.9 Å². The van der Waals surface area contributed by atoms with Gasteiger partial charge in [-0.3, -0.25) is 0 Å². The van der Waals surface area contributed by atoms with Crippen LogP contribution in [0.5, 0.6) is 5.75 Å². The molecule has 29 heavy (non-hydrogen) atoms. The number of nitrogens with zero attached hydrogens (tertiary/aromatic N) is 2. The molecule has 0 bridgehead atoms. The monoisotopic (exact) mass is 458 g/mol. The first-order valence-corrected chi connectivity index (χ1v) is 11.1. The highest BCUT2D eigenvalue weighted by atomic mass is 79.9. The van der Waals surface area contributed by atoms with Crippen LogP contribution in [0.2, 0.25) is 0 Å². The summed E-state index contributed by atoms with van der Waals surface area (Å²) in [6, 6.07) is 10.4. The fourth-order valence-corrected chi connectivity index (χ4v) is 4.60. The number of rotatable bonds is 8. The molecule has 1 aliphatic carbocycles. The summed E-state index contributed by atoms with van der Waals surface area (Å²) in [6.07, 6.45) is 10.7. The molecule has 0 unspecified atom stereocenters. The fourth-order valence-electron chi connectivity index (χ4n) is 4.24. The van der Waals surface area contributed by atoms with Crippen molar-refractivity contribution in [3.63, 3.8) is 0 Å². The second-order valence-corrected chi connectivity index (χ2v) is 8.29. The fraction of sp³-hybridized carbons (Fsp3) is 0.435. The number of hydrogen-bond acceptors (Lipinski definition) is 4. The molecule has 2 heterocycles. The lowest BCUT2D eigenvalue weighted by Gasteiger charge is -2.21. The average Bonchev–Trinajstić information content (AvgIpc) is 3.12. The van der Waals surface area contributed by atoms with E-state index in [2.05, 4.69) is 49.9 Å². The van der Waals surface area contributed by atoms with Crippen molar-refractivity contribution in [2.45, 2.75) is 51.2 Å². The Morgan fingerprint density at radius 3 is 2.83 bits per heavy atom. The van der Waals surface area contributed by atoms with Gasteiger partial charge in [0, 0.05) is 23.3 Å². The first kappa shape index (κ1) is 20.4. The van der Waals surface area contributed by atoms with Crippen molar-refractivity contribution in [2.24, 2.45) is 0 Å². The molecule has 0 aliphatic heterocycles. The number of pyridine rings is 1. The van der Waals surface area contributed by atoms with Gasteiger partial charge in [0.05, 0.1) is 13.7 Å². The third-order valence-electron chi connectivity index (χ3n) is 5.68. The van der Waals surface area contributed by atoms with Crippen molar-refractivity contribution < 1.29 is 14.5 Å². The first-order chi connectivity index (χ1) is 14.3. The zero-order valence-electron chi connectivity index (χ0n) is 16.8. The zero-order chi connectivity index (χ0) is 20.1. The highest BCUT2D eigenvalue weighted by molar-refractivity contribution is 9.10. The van der Waals surface area contributed by atoms with Crippen LogP contribution in [-0.2, 0) is 22.9 Å². The molecule has 6 heteroatoms. The van der Waals surface area contributed by atoms with Gasteiger partial charge in [-0.15, -0.1) is 0 Å². The normalized spacial score (nSPS) is 15.1. The third kappa shape index (κ3) is 4.82. The third-order valence-corrected chi connectivity index (χ3v) is 6.28. The Balaban J connectivity index is 1.58. The summed E-state index contributed by atoms with van der Waals surface area (Å²) in [6.45, 7) is 1.80. The minimum atomic E-state index is 0.440. The minimum absolute atomic E-state index is 0.440. The SMILES string of the molecule is COOCc1ccc2c(C3CCCCC3)cn(CCOc3cccnc3Br)c2c1. The highest BCUT2D eigenvalue weighted by Crippen LogP contribution is 2.37. The molecule has 0 N–H and O–H groups in total. The Labute approximate surface area is 180 Å². The number of aromatic nitrogens is 2. The summed E-state index contributed by atoms with van der Waals surface area (Å²) in [5, 5.41) is 1.35. The molecule has 154 valence electrons. The van der Waals surface area contributed by atoms with E-state index < -0.39 is 0 Å². The summed E-state index contributed by atoms with van der Waals surface area (Å²) in [5.41, 5.74) is 3.81. The van der Waals surface area contributed by atoms with E-state index in [-0.39, 0.29) is 0 Å². The Morgan fingerprint density at radius 2 is 2.03 bits per heavy atom. The number of fused-ring (bicyclic) bond motifs is 1. The summed E-state index contributed by atoms with van der Waals surface area (Å²) >= 11 is 3.44. The van der Waals surface area contributed by atoms with Gasteiger partial charge in [-0.25, -0.2) is 14.8 Å². The minimum Gasteiger partial charge on any atom is -0.489 e. The Hall–Kier alpha value is -1.89. The number of hydrogen-bond donors (Lipinski definition) is 0. The maximum atomic E-state index is 5.96. The Morgan fingerprint density at radius 1 is 1.17 bits per heavy atom. The lowest BCUT2D eigenvalue weighted by atomic mass is 9.84. The number of benzene rings is 1. The molecule has 1 aromatic carbocycles. The molecule has 0 atom stereocenters. The number of ether oxygens (including phenoxy) is 1. The number of halogens is 1. The van der Waals surface area contributed by atoms with Gasteiger partial charge in [0.1, 0.15) is 17.8 Å². The van der Waals surface area contributed by atoms with Gasteiger partial charge in [-0.2, -0.15) is 0 Å². The van der Waals surface area contributed by atoms with Crippen LogP contribution in [0.1, 0.15) is 49.1 Å². The van der Waals surface area contributed by atoms with Crippen molar-refractivity contribution in [3.8, 4) is 5.75 Å². The van der Waals surface area contributed by atoms with Crippen LogP contribution in [0.4, 0.5) is 0 Å². The van der Waals surface area contributed by atoms with Gasteiger partial charge in [0.15, 0.2) is 5.75 Å². The van der Waals surface area contributed by atoms with Crippen molar-refractivity contribution in [3.05, 3.63) is 58.5 Å². The molecular weight excluding hydrogens is 432 g/mol. The van der Waals surface area contributed by atoms with Crippen molar-refractivity contribution in [2.75, 3.05) is 13.7 Å². The van der Waals surface area contributed by atoms with E-state index in [0.717, 1.165) is 22.5 Å². The Kier molecular flexibility index (Phi) is 6.85. The van der Waals surface area contributed by atoms with Gasteiger partial charge in [0.25, 0.3) is 0 Å².